The average Bonchev–Trinajstić information content (AvgIpc) is 3.30. The second kappa shape index (κ2) is 7.01. The molecule has 7 heteroatoms. The molecule has 0 aliphatic carbocycles. The summed E-state index contributed by atoms with van der Waals surface area (Å²) in [6.45, 7) is 0. The molecule has 1 atom stereocenters. The molecule has 1 aromatic carbocycles. The van der Waals surface area contributed by atoms with Crippen molar-refractivity contribution in [2.45, 2.75) is 37.4 Å². The second-order valence-electron chi connectivity index (χ2n) is 5.25. The first-order chi connectivity index (χ1) is 11.0. The number of terminal acetylenes is 1. The minimum Gasteiger partial charge on any atom is -0.479 e. The maximum atomic E-state index is 13.7. The second-order valence-corrected chi connectivity index (χ2v) is 5.25. The first kappa shape index (κ1) is 16.6. The quantitative estimate of drug-likeness (QED) is 0.721. The number of hydrogen-bond acceptors (Lipinski definition) is 4. The van der Waals surface area contributed by atoms with Gasteiger partial charge in [0.15, 0.2) is 11.7 Å². The average molecular weight is 317 g/mol. The summed E-state index contributed by atoms with van der Waals surface area (Å²) in [5.74, 6) is -0.0255. The molecular formula is C16H16FN3O3. The predicted molar refractivity (Wildman–Crippen MR) is 79.8 cm³/mol. The third-order valence-corrected chi connectivity index (χ3v) is 3.57. The van der Waals surface area contributed by atoms with Gasteiger partial charge in [0.2, 0.25) is 5.91 Å². The zero-order valence-corrected chi connectivity index (χ0v) is 12.3. The first-order valence-electron chi connectivity index (χ1n) is 7.11. The highest BCUT2D eigenvalue weighted by molar-refractivity contribution is 5.84. The van der Waals surface area contributed by atoms with Crippen LogP contribution in [0, 0.1) is 18.2 Å². The van der Waals surface area contributed by atoms with Crippen LogP contribution < -0.4 is 5.32 Å². The Morgan fingerprint density at radius 3 is 2.61 bits per heavy atom. The van der Waals surface area contributed by atoms with Crippen molar-refractivity contribution in [3.63, 3.8) is 0 Å². The molecule has 1 heterocycles. The molecule has 2 rings (SSSR count). The van der Waals surface area contributed by atoms with Crippen molar-refractivity contribution >= 4 is 11.9 Å². The van der Waals surface area contributed by atoms with Gasteiger partial charge in [-0.1, -0.05) is 18.2 Å². The Balaban J connectivity index is 1.93. The Bertz CT molecular complexity index is 675. The van der Waals surface area contributed by atoms with E-state index in [-0.39, 0.29) is 12.0 Å². The van der Waals surface area contributed by atoms with Crippen molar-refractivity contribution in [2.24, 2.45) is 10.2 Å². The van der Waals surface area contributed by atoms with Crippen molar-refractivity contribution in [3.8, 4) is 12.3 Å². The molecule has 0 fully saturated rings. The molecular weight excluding hydrogens is 301 g/mol. The predicted octanol–water partition coefficient (Wildman–Crippen LogP) is 2.42. The van der Waals surface area contributed by atoms with E-state index >= 15 is 0 Å². The molecule has 0 saturated carbocycles. The molecule has 1 aromatic rings. The number of nitrogens with zero attached hydrogens (tertiary/aromatic N) is 2. The molecule has 6 nitrogen and oxygen atoms in total. The van der Waals surface area contributed by atoms with Crippen molar-refractivity contribution in [2.75, 3.05) is 0 Å². The minimum atomic E-state index is -1.43. The van der Waals surface area contributed by atoms with Gasteiger partial charge in [0.05, 0.1) is 0 Å². The number of halogens is 1. The molecule has 1 amide bonds. The molecule has 23 heavy (non-hydrogen) atoms. The van der Waals surface area contributed by atoms with Crippen LogP contribution in [0.5, 0.6) is 0 Å². The lowest BCUT2D eigenvalue weighted by Crippen LogP contribution is -2.34. The molecule has 1 aliphatic heterocycles. The fourth-order valence-corrected chi connectivity index (χ4v) is 2.20. The number of carboxylic acid groups (broad SMARTS) is 1. The summed E-state index contributed by atoms with van der Waals surface area (Å²) >= 11 is 0. The van der Waals surface area contributed by atoms with Crippen LogP contribution in [0.25, 0.3) is 0 Å². The van der Waals surface area contributed by atoms with Crippen molar-refractivity contribution in [3.05, 3.63) is 35.6 Å². The number of rotatable bonds is 8. The zero-order valence-electron chi connectivity index (χ0n) is 12.3. The minimum absolute atomic E-state index is 0.0375. The SMILES string of the molecule is C#CCCC1(CCC(=O)NC(C(=O)O)c2ccccc2F)N=N1. The number of amides is 1. The third kappa shape index (κ3) is 4.36. The highest BCUT2D eigenvalue weighted by Gasteiger charge is 2.39. The monoisotopic (exact) mass is 317 g/mol. The lowest BCUT2D eigenvalue weighted by atomic mass is 10.0. The number of aliphatic carboxylic acids is 1. The van der Waals surface area contributed by atoms with Gasteiger partial charge in [-0.3, -0.25) is 4.79 Å². The fraction of sp³-hybridized carbons (Fsp3) is 0.375. The van der Waals surface area contributed by atoms with Crippen molar-refractivity contribution < 1.29 is 19.1 Å². The van der Waals surface area contributed by atoms with E-state index in [9.17, 15) is 19.1 Å². The Hall–Kier alpha value is -2.75. The van der Waals surface area contributed by atoms with Crippen LogP contribution in [0.3, 0.4) is 0 Å². The van der Waals surface area contributed by atoms with E-state index in [4.69, 9.17) is 6.42 Å². The summed E-state index contributed by atoms with van der Waals surface area (Å²) in [5.41, 5.74) is -0.698. The van der Waals surface area contributed by atoms with Gasteiger partial charge in [0.1, 0.15) is 5.82 Å². The molecule has 2 N–H and O–H groups in total. The van der Waals surface area contributed by atoms with Gasteiger partial charge in [-0.25, -0.2) is 9.18 Å². The molecule has 0 radical (unpaired) electrons. The normalized spacial score (nSPS) is 15.5. The van der Waals surface area contributed by atoms with E-state index in [1.807, 2.05) is 0 Å². The number of carbonyl (C=O) groups is 2. The number of benzene rings is 1. The lowest BCUT2D eigenvalue weighted by molar-refractivity contribution is -0.142. The molecule has 0 bridgehead atoms. The summed E-state index contributed by atoms with van der Waals surface area (Å²) < 4.78 is 13.7. The third-order valence-electron chi connectivity index (χ3n) is 3.57. The maximum absolute atomic E-state index is 13.7. The van der Waals surface area contributed by atoms with Crippen LogP contribution in [-0.4, -0.2) is 22.6 Å². The van der Waals surface area contributed by atoms with Gasteiger partial charge in [0, 0.05) is 31.2 Å². The van der Waals surface area contributed by atoms with Gasteiger partial charge >= 0.3 is 5.97 Å². The molecule has 1 aliphatic rings. The molecule has 0 spiro atoms. The van der Waals surface area contributed by atoms with E-state index in [1.165, 1.54) is 18.2 Å². The molecule has 0 saturated heterocycles. The number of hydrogen-bond donors (Lipinski definition) is 2. The van der Waals surface area contributed by atoms with Crippen molar-refractivity contribution in [1.29, 1.82) is 0 Å². The van der Waals surface area contributed by atoms with Crippen LogP contribution in [0.15, 0.2) is 34.5 Å². The summed E-state index contributed by atoms with van der Waals surface area (Å²) in [6.07, 6.45) is 6.64. The lowest BCUT2D eigenvalue weighted by Gasteiger charge is -2.16. The van der Waals surface area contributed by atoms with E-state index in [2.05, 4.69) is 21.5 Å². The zero-order chi connectivity index (χ0) is 16.9. The van der Waals surface area contributed by atoms with Gasteiger partial charge in [-0.15, -0.1) is 12.3 Å². The van der Waals surface area contributed by atoms with Crippen LogP contribution >= 0.6 is 0 Å². The van der Waals surface area contributed by atoms with Crippen LogP contribution in [0.1, 0.15) is 37.3 Å². The highest BCUT2D eigenvalue weighted by Crippen LogP contribution is 2.37. The largest absolute Gasteiger partial charge is 0.479 e. The summed E-state index contributed by atoms with van der Waals surface area (Å²) in [7, 11) is 0. The molecule has 0 aromatic heterocycles. The van der Waals surface area contributed by atoms with Gasteiger partial charge in [-0.2, -0.15) is 10.2 Å². The van der Waals surface area contributed by atoms with Gasteiger partial charge < -0.3 is 10.4 Å². The fourth-order valence-electron chi connectivity index (χ4n) is 2.20. The Labute approximate surface area is 132 Å². The number of nitrogens with one attached hydrogen (secondary N) is 1. The Morgan fingerprint density at radius 2 is 2.04 bits per heavy atom. The Kier molecular flexibility index (Phi) is 5.06. The van der Waals surface area contributed by atoms with E-state index < -0.39 is 29.4 Å². The van der Waals surface area contributed by atoms with Gasteiger partial charge in [-0.05, 0) is 6.07 Å². The number of carboxylic acids is 1. The number of carbonyl (C=O) groups excluding carboxylic acids is 1. The smallest absolute Gasteiger partial charge is 0.331 e. The highest BCUT2D eigenvalue weighted by atomic mass is 19.1. The summed E-state index contributed by atoms with van der Waals surface area (Å²) in [5, 5.41) is 19.3. The molecule has 1 unspecified atom stereocenters. The first-order valence-corrected chi connectivity index (χ1v) is 7.11. The van der Waals surface area contributed by atoms with E-state index in [1.54, 1.807) is 0 Å². The van der Waals surface area contributed by atoms with Crippen LogP contribution in [-0.2, 0) is 9.59 Å². The standard InChI is InChI=1S/C16H16FN3O3/c1-2-3-9-16(19-20-16)10-8-13(21)18-14(15(22)23)11-6-4-5-7-12(11)17/h1,4-7,14H,3,8-10H2,(H,18,21)(H,22,23). The van der Waals surface area contributed by atoms with Crippen LogP contribution in [0.4, 0.5) is 4.39 Å². The van der Waals surface area contributed by atoms with E-state index in [0.717, 1.165) is 6.07 Å². The van der Waals surface area contributed by atoms with Crippen molar-refractivity contribution in [1.82, 2.24) is 5.32 Å². The Morgan fingerprint density at radius 1 is 1.35 bits per heavy atom. The topological polar surface area (TPSA) is 91.1 Å². The van der Waals surface area contributed by atoms with Gasteiger partial charge in [0.25, 0.3) is 0 Å². The van der Waals surface area contributed by atoms with E-state index in [0.29, 0.717) is 19.3 Å². The summed E-state index contributed by atoms with van der Waals surface area (Å²) in [4.78, 5) is 23.3. The van der Waals surface area contributed by atoms with Crippen LogP contribution in [0.2, 0.25) is 0 Å². The summed E-state index contributed by atoms with van der Waals surface area (Å²) in [6, 6.07) is 4.00. The maximum Gasteiger partial charge on any atom is 0.331 e. The molecule has 120 valence electrons.